The Balaban J connectivity index is 2.19. The minimum absolute atomic E-state index is 0.127. The summed E-state index contributed by atoms with van der Waals surface area (Å²) in [4.78, 5) is 4.08. The van der Waals surface area contributed by atoms with Gasteiger partial charge in [-0.25, -0.2) is 4.57 Å². The number of ether oxygens (including phenoxy) is 1. The van der Waals surface area contributed by atoms with Crippen LogP contribution in [-0.4, -0.2) is 28.5 Å². The molecule has 2 unspecified atom stereocenters. The van der Waals surface area contributed by atoms with Gasteiger partial charge in [-0.2, -0.15) is 4.98 Å². The molecule has 1 spiro atoms. The lowest BCUT2D eigenvalue weighted by molar-refractivity contribution is -0.236. The Morgan fingerprint density at radius 3 is 2.68 bits per heavy atom. The number of aromatic nitrogens is 2. The number of fused-ring (bicyclic) bond motifs is 3. The maximum Gasteiger partial charge on any atom is 0.574 e. The van der Waals surface area contributed by atoms with E-state index in [4.69, 9.17) is 17.4 Å². The van der Waals surface area contributed by atoms with Gasteiger partial charge in [0.05, 0.1) is 13.3 Å². The van der Waals surface area contributed by atoms with Crippen LogP contribution in [0.3, 0.4) is 0 Å². The van der Waals surface area contributed by atoms with E-state index in [1.807, 2.05) is 0 Å². The Morgan fingerprint density at radius 1 is 1.32 bits per heavy atom. The van der Waals surface area contributed by atoms with Crippen molar-refractivity contribution in [3.63, 3.8) is 0 Å². The first-order valence-corrected chi connectivity index (χ1v) is 8.16. The van der Waals surface area contributed by atoms with E-state index in [1.54, 1.807) is 26.0 Å². The molecule has 3 aliphatic rings. The van der Waals surface area contributed by atoms with E-state index in [0.717, 1.165) is 5.57 Å². The van der Waals surface area contributed by atoms with Gasteiger partial charge in [0.1, 0.15) is 22.7 Å². The lowest BCUT2D eigenvalue weighted by Crippen LogP contribution is -2.68. The molecule has 0 fully saturated rings. The van der Waals surface area contributed by atoms with Crippen LogP contribution in [0.15, 0.2) is 52.6 Å². The van der Waals surface area contributed by atoms with Gasteiger partial charge in [-0.15, -0.1) is 17.7 Å². The molecule has 1 aromatic rings. The second-order valence-corrected chi connectivity index (χ2v) is 6.93. The molecule has 131 valence electrons. The summed E-state index contributed by atoms with van der Waals surface area (Å²) in [5, 5.41) is 0.261. The summed E-state index contributed by atoms with van der Waals surface area (Å²) in [6.45, 7) is 3.58. The maximum atomic E-state index is 14.5. The highest BCUT2D eigenvalue weighted by Gasteiger charge is 2.76. The number of rotatable bonds is 1. The summed E-state index contributed by atoms with van der Waals surface area (Å²) < 4.78 is 49.1. The minimum Gasteiger partial charge on any atom is -0.496 e. The molecule has 4 rings (SSSR count). The largest absolute Gasteiger partial charge is 0.574 e. The van der Waals surface area contributed by atoms with Gasteiger partial charge >= 0.3 is 12.2 Å². The van der Waals surface area contributed by atoms with Crippen LogP contribution in [0.1, 0.15) is 20.3 Å². The van der Waals surface area contributed by atoms with E-state index in [9.17, 15) is 13.2 Å². The fourth-order valence-corrected chi connectivity index (χ4v) is 4.76. The highest BCUT2D eigenvalue weighted by Crippen LogP contribution is 2.61. The van der Waals surface area contributed by atoms with Crippen molar-refractivity contribution >= 4 is 24.3 Å². The zero-order valence-electron chi connectivity index (χ0n) is 13.9. The molecule has 0 saturated heterocycles. The Labute approximate surface area is 148 Å². The van der Waals surface area contributed by atoms with Gasteiger partial charge in [0, 0.05) is 12.0 Å². The predicted octanol–water partition coefficient (Wildman–Crippen LogP) is 4.66. The fraction of sp³-hybridized carbons (Fsp3) is 0.353. The number of imidazole rings is 1. The third-order valence-corrected chi connectivity index (χ3v) is 5.59. The number of halogens is 3. The van der Waals surface area contributed by atoms with E-state index < -0.39 is 16.3 Å². The molecule has 1 radical (unpaired) electrons. The van der Waals surface area contributed by atoms with E-state index in [2.05, 4.69) is 4.98 Å². The molecule has 2 atom stereocenters. The lowest BCUT2D eigenvalue weighted by atomic mass is 9.77. The third-order valence-electron chi connectivity index (χ3n) is 5.30. The van der Waals surface area contributed by atoms with Gasteiger partial charge in [-0.05, 0) is 31.6 Å². The van der Waals surface area contributed by atoms with Gasteiger partial charge < -0.3 is 4.74 Å². The molecule has 0 bridgehead atoms. The van der Waals surface area contributed by atoms with E-state index in [0.29, 0.717) is 17.0 Å². The molecule has 8 heteroatoms. The van der Waals surface area contributed by atoms with E-state index in [-0.39, 0.29) is 17.4 Å². The van der Waals surface area contributed by atoms with Crippen molar-refractivity contribution in [1.29, 1.82) is 0 Å². The van der Waals surface area contributed by atoms with Crippen LogP contribution in [0.5, 0.6) is 0 Å². The van der Waals surface area contributed by atoms with Gasteiger partial charge in [-0.1, -0.05) is 18.7 Å². The van der Waals surface area contributed by atoms with Crippen LogP contribution < -0.4 is 4.48 Å². The number of methoxy groups -OCH3 is 1. The topological polar surface area (TPSA) is 27.1 Å². The zero-order valence-corrected chi connectivity index (χ0v) is 14.7. The summed E-state index contributed by atoms with van der Waals surface area (Å²) in [5.41, 5.74) is 0.554. The fourth-order valence-electron chi connectivity index (χ4n) is 4.54. The molecule has 25 heavy (non-hydrogen) atoms. The van der Waals surface area contributed by atoms with Gasteiger partial charge in [0.2, 0.25) is 0 Å². The van der Waals surface area contributed by atoms with Crippen LogP contribution >= 0.6 is 12.6 Å². The molecular formula is C17H16F3N3OS+. The number of allylic oxidation sites excluding steroid dienone is 3. The van der Waals surface area contributed by atoms with Crippen LogP contribution in [0.2, 0.25) is 0 Å². The normalized spacial score (nSPS) is 30.5. The maximum absolute atomic E-state index is 14.5. The molecule has 0 saturated carbocycles. The zero-order chi connectivity index (χ0) is 18.2. The van der Waals surface area contributed by atoms with Crippen LogP contribution in [-0.2, 0) is 4.74 Å². The number of alkyl halides is 3. The van der Waals surface area contributed by atoms with Crippen molar-refractivity contribution in [3.8, 4) is 0 Å². The monoisotopic (exact) mass is 367 g/mol. The molecule has 1 aromatic heterocycles. The van der Waals surface area contributed by atoms with Crippen molar-refractivity contribution in [1.82, 2.24) is 14.0 Å². The molecule has 0 N–H and O–H groups in total. The standard InChI is InChI=1S/C17H16F3N3OS/c1-10-8-16-6-4-5-7-23(16,17(18,19)20)15-21-9-12(25)22(15)14(16)11(2)13(10)24-3/h4-7,9H,8H2,1-3H3/q+1. The average Bonchev–Trinajstić information content (AvgIpc) is 3.01. The van der Waals surface area contributed by atoms with Crippen molar-refractivity contribution < 1.29 is 17.9 Å². The van der Waals surface area contributed by atoms with Crippen molar-refractivity contribution in [2.45, 2.75) is 37.1 Å². The third kappa shape index (κ3) is 1.64. The number of quaternary nitrogens is 1. The van der Waals surface area contributed by atoms with Crippen LogP contribution in [0.4, 0.5) is 19.1 Å². The van der Waals surface area contributed by atoms with Crippen LogP contribution in [0.25, 0.3) is 5.70 Å². The molecule has 1 aliphatic carbocycles. The van der Waals surface area contributed by atoms with Crippen LogP contribution in [0, 0.1) is 0 Å². The van der Waals surface area contributed by atoms with Gasteiger partial charge in [0.15, 0.2) is 5.54 Å². The Bertz CT molecular complexity index is 909. The van der Waals surface area contributed by atoms with Crippen molar-refractivity contribution in [2.24, 2.45) is 0 Å². The molecule has 2 aliphatic heterocycles. The van der Waals surface area contributed by atoms with Crippen molar-refractivity contribution in [2.75, 3.05) is 7.11 Å². The second kappa shape index (κ2) is 4.76. The highest BCUT2D eigenvalue weighted by atomic mass is 32.1. The SMILES string of the molecule is COC1=C(C)CC23C=CC=C[N+]2(C(F)(F)F)c2ncc([S])n2C3=C1C. The summed E-state index contributed by atoms with van der Waals surface area (Å²) in [6.07, 6.45) is 2.77. The van der Waals surface area contributed by atoms with E-state index in [1.165, 1.54) is 30.1 Å². The molecule has 4 nitrogen and oxygen atoms in total. The lowest BCUT2D eigenvalue weighted by Gasteiger charge is -2.45. The summed E-state index contributed by atoms with van der Waals surface area (Å²) in [6, 6.07) is 0. The molecule has 0 amide bonds. The number of nitrogens with zero attached hydrogens (tertiary/aromatic N) is 3. The van der Waals surface area contributed by atoms with Gasteiger partial charge in [-0.3, -0.25) is 0 Å². The summed E-state index contributed by atoms with van der Waals surface area (Å²) in [7, 11) is 1.53. The average molecular weight is 367 g/mol. The first-order valence-electron chi connectivity index (χ1n) is 7.75. The minimum atomic E-state index is -4.58. The molecule has 0 aromatic carbocycles. The smallest absolute Gasteiger partial charge is 0.496 e. The summed E-state index contributed by atoms with van der Waals surface area (Å²) >= 11 is 5.31. The van der Waals surface area contributed by atoms with E-state index >= 15 is 0 Å². The summed E-state index contributed by atoms with van der Waals surface area (Å²) in [5.74, 6) is 0.484. The number of hydrogen-bond acceptors (Lipinski definition) is 2. The Hall–Kier alpha value is -2.06. The Morgan fingerprint density at radius 2 is 2.04 bits per heavy atom. The first kappa shape index (κ1) is 16.4. The first-order chi connectivity index (χ1) is 11.7. The van der Waals surface area contributed by atoms with Gasteiger partial charge in [0.25, 0.3) is 0 Å². The highest BCUT2D eigenvalue weighted by molar-refractivity contribution is 7.80. The predicted molar refractivity (Wildman–Crippen MR) is 90.2 cm³/mol. The van der Waals surface area contributed by atoms with Crippen molar-refractivity contribution in [3.05, 3.63) is 47.5 Å². The second-order valence-electron chi connectivity index (χ2n) is 6.51. The number of hydrogen-bond donors (Lipinski definition) is 0. The molecular weight excluding hydrogens is 351 g/mol. The quantitative estimate of drug-likeness (QED) is 0.533. The Kier molecular flexibility index (Phi) is 3.13. The molecule has 3 heterocycles.